The summed E-state index contributed by atoms with van der Waals surface area (Å²) >= 11 is 1.05. The highest BCUT2D eigenvalue weighted by atomic mass is 32.1. The van der Waals surface area contributed by atoms with Crippen molar-refractivity contribution in [3.05, 3.63) is 74.8 Å². The van der Waals surface area contributed by atoms with Crippen molar-refractivity contribution >= 4 is 54.6 Å². The Labute approximate surface area is 166 Å². The van der Waals surface area contributed by atoms with E-state index in [1.54, 1.807) is 12.1 Å². The summed E-state index contributed by atoms with van der Waals surface area (Å²) in [6.07, 6.45) is 0. The fourth-order valence-electron chi connectivity index (χ4n) is 3.84. The predicted molar refractivity (Wildman–Crippen MR) is 112 cm³/mol. The molecule has 0 radical (unpaired) electrons. The number of imidazole rings is 1. The van der Waals surface area contributed by atoms with Gasteiger partial charge in [0.15, 0.2) is 5.82 Å². The third-order valence-corrected chi connectivity index (χ3v) is 6.07. The lowest BCUT2D eigenvalue weighted by atomic mass is 9.98. The lowest BCUT2D eigenvalue weighted by molar-refractivity contribution is -0.383. The fourth-order valence-corrected chi connectivity index (χ4v) is 4.69. The Bertz CT molecular complexity index is 1480. The van der Waals surface area contributed by atoms with Gasteiger partial charge in [-0.25, -0.2) is 4.98 Å². The van der Waals surface area contributed by atoms with Crippen molar-refractivity contribution in [2.75, 3.05) is 0 Å². The van der Waals surface area contributed by atoms with Gasteiger partial charge in [0.05, 0.1) is 31.1 Å². The van der Waals surface area contributed by atoms with E-state index in [0.29, 0.717) is 27.0 Å². The Kier molecular flexibility index (Phi) is 3.62. The zero-order valence-corrected chi connectivity index (χ0v) is 15.8. The van der Waals surface area contributed by atoms with Crippen molar-refractivity contribution in [1.82, 2.24) is 9.55 Å². The molecule has 0 amide bonds. The minimum absolute atomic E-state index is 0.0274. The van der Waals surface area contributed by atoms with E-state index in [1.807, 2.05) is 41.9 Å². The number of aromatic nitrogens is 2. The summed E-state index contributed by atoms with van der Waals surface area (Å²) in [6, 6.07) is 15.6. The van der Waals surface area contributed by atoms with Gasteiger partial charge in [-0.15, -0.1) is 0 Å². The van der Waals surface area contributed by atoms with Crippen LogP contribution in [-0.2, 0) is 7.05 Å². The summed E-state index contributed by atoms with van der Waals surface area (Å²) in [5, 5.41) is 25.6. The number of nitro benzene ring substituents is 1. The third kappa shape index (κ3) is 2.41. The van der Waals surface area contributed by atoms with Gasteiger partial charge in [0.1, 0.15) is 0 Å². The van der Waals surface area contributed by atoms with E-state index >= 15 is 0 Å². The van der Waals surface area contributed by atoms with Gasteiger partial charge in [-0.2, -0.15) is 0 Å². The highest BCUT2D eigenvalue weighted by molar-refractivity contribution is 7.18. The van der Waals surface area contributed by atoms with Crippen molar-refractivity contribution < 1.29 is 9.85 Å². The summed E-state index contributed by atoms with van der Waals surface area (Å²) in [6.45, 7) is 0. The molecule has 29 heavy (non-hydrogen) atoms. The zero-order valence-electron chi connectivity index (χ0n) is 15.0. The SMILES string of the molecule is Cn1c(-c2ccc([N+](=O)[O-])s2)nc2c3cccc([N+](=O)[O-])c3c3ccccc3c21. The first kappa shape index (κ1) is 17.3. The number of non-ortho nitro benzene ring substituents is 1. The minimum atomic E-state index is -0.426. The second kappa shape index (κ2) is 6.08. The molecule has 3 aromatic carbocycles. The van der Waals surface area contributed by atoms with E-state index in [0.717, 1.165) is 27.6 Å². The molecule has 0 saturated heterocycles. The van der Waals surface area contributed by atoms with E-state index < -0.39 is 4.92 Å². The van der Waals surface area contributed by atoms with Crippen LogP contribution in [0.25, 0.3) is 43.3 Å². The standard InChI is InChI=1S/C20H12N4O4S/c1-22-19-12-6-3-2-5-11(12)17-13(7-4-8-14(17)23(25)26)18(19)21-20(22)15-9-10-16(29-15)24(27)28/h2-10H,1H3. The molecular weight excluding hydrogens is 392 g/mol. The third-order valence-electron chi connectivity index (χ3n) is 5.03. The first-order valence-electron chi connectivity index (χ1n) is 8.66. The molecule has 0 aliphatic rings. The van der Waals surface area contributed by atoms with Crippen LogP contribution in [-0.4, -0.2) is 19.4 Å². The normalized spacial score (nSPS) is 11.5. The van der Waals surface area contributed by atoms with Crippen molar-refractivity contribution in [3.8, 4) is 10.7 Å². The molecule has 0 bridgehead atoms. The summed E-state index contributed by atoms with van der Waals surface area (Å²) in [7, 11) is 1.85. The van der Waals surface area contributed by atoms with Gasteiger partial charge in [0.25, 0.3) is 5.69 Å². The molecule has 0 aliphatic heterocycles. The van der Waals surface area contributed by atoms with E-state index in [2.05, 4.69) is 0 Å². The fraction of sp³-hybridized carbons (Fsp3) is 0.0500. The zero-order chi connectivity index (χ0) is 20.3. The quantitative estimate of drug-likeness (QED) is 0.227. The molecule has 142 valence electrons. The highest BCUT2D eigenvalue weighted by Gasteiger charge is 2.23. The molecule has 0 spiro atoms. The van der Waals surface area contributed by atoms with Crippen molar-refractivity contribution in [1.29, 1.82) is 0 Å². The molecule has 5 aromatic rings. The average molecular weight is 404 g/mol. The number of hydrogen-bond donors (Lipinski definition) is 0. The molecule has 2 heterocycles. The molecule has 8 nitrogen and oxygen atoms in total. The Balaban J connectivity index is 1.97. The molecular formula is C20H12N4O4S. The summed E-state index contributed by atoms with van der Waals surface area (Å²) in [5.74, 6) is 0.585. The molecule has 0 atom stereocenters. The largest absolute Gasteiger partial charge is 0.326 e. The minimum Gasteiger partial charge on any atom is -0.326 e. The summed E-state index contributed by atoms with van der Waals surface area (Å²) in [4.78, 5) is 27.4. The van der Waals surface area contributed by atoms with Gasteiger partial charge in [0, 0.05) is 30.0 Å². The number of thiophene rings is 1. The lowest BCUT2D eigenvalue weighted by Gasteiger charge is -2.08. The van der Waals surface area contributed by atoms with Crippen LogP contribution in [0.3, 0.4) is 0 Å². The van der Waals surface area contributed by atoms with Gasteiger partial charge in [-0.3, -0.25) is 20.2 Å². The molecule has 2 aromatic heterocycles. The molecule has 0 saturated carbocycles. The highest BCUT2D eigenvalue weighted by Crippen LogP contribution is 2.41. The summed E-state index contributed by atoms with van der Waals surface area (Å²) in [5.41, 5.74) is 1.50. The van der Waals surface area contributed by atoms with Gasteiger partial charge in [-0.05, 0) is 11.5 Å². The van der Waals surface area contributed by atoms with Crippen LogP contribution >= 0.6 is 11.3 Å². The van der Waals surface area contributed by atoms with E-state index in [4.69, 9.17) is 4.98 Å². The number of hydrogen-bond acceptors (Lipinski definition) is 6. The van der Waals surface area contributed by atoms with Gasteiger partial charge < -0.3 is 4.57 Å². The first-order chi connectivity index (χ1) is 14.0. The average Bonchev–Trinajstić information content (AvgIpc) is 3.33. The number of nitrogens with zero attached hydrogens (tertiary/aromatic N) is 4. The van der Waals surface area contributed by atoms with Crippen LogP contribution in [0, 0.1) is 20.2 Å². The van der Waals surface area contributed by atoms with E-state index in [9.17, 15) is 20.2 Å². The van der Waals surface area contributed by atoms with Crippen LogP contribution in [0.4, 0.5) is 10.7 Å². The van der Waals surface area contributed by atoms with Crippen LogP contribution in [0.15, 0.2) is 54.6 Å². The Morgan fingerprint density at radius 1 is 0.897 bits per heavy atom. The molecule has 0 unspecified atom stereocenters. The van der Waals surface area contributed by atoms with Crippen molar-refractivity contribution in [2.24, 2.45) is 7.05 Å². The second-order valence-electron chi connectivity index (χ2n) is 6.59. The number of rotatable bonds is 3. The Morgan fingerprint density at radius 2 is 1.62 bits per heavy atom. The van der Waals surface area contributed by atoms with Crippen molar-refractivity contribution in [3.63, 3.8) is 0 Å². The topological polar surface area (TPSA) is 104 Å². The van der Waals surface area contributed by atoms with Crippen LogP contribution in [0.2, 0.25) is 0 Å². The van der Waals surface area contributed by atoms with E-state index in [1.165, 1.54) is 12.1 Å². The number of nitro groups is 2. The number of aryl methyl sites for hydroxylation is 1. The molecule has 0 N–H and O–H groups in total. The first-order valence-corrected chi connectivity index (χ1v) is 9.48. The molecule has 5 rings (SSSR count). The maximum absolute atomic E-state index is 11.7. The van der Waals surface area contributed by atoms with Crippen LogP contribution in [0.5, 0.6) is 0 Å². The number of benzene rings is 3. The monoisotopic (exact) mass is 404 g/mol. The smallest absolute Gasteiger partial charge is 0.324 e. The van der Waals surface area contributed by atoms with E-state index in [-0.39, 0.29) is 15.6 Å². The van der Waals surface area contributed by atoms with Gasteiger partial charge >= 0.3 is 5.00 Å². The second-order valence-corrected chi connectivity index (χ2v) is 7.65. The lowest BCUT2D eigenvalue weighted by Crippen LogP contribution is -1.93. The maximum atomic E-state index is 11.7. The van der Waals surface area contributed by atoms with Gasteiger partial charge in [-0.1, -0.05) is 47.7 Å². The van der Waals surface area contributed by atoms with Crippen molar-refractivity contribution in [2.45, 2.75) is 0 Å². The molecule has 0 aliphatic carbocycles. The number of fused-ring (bicyclic) bond motifs is 6. The van der Waals surface area contributed by atoms with Crippen LogP contribution < -0.4 is 0 Å². The predicted octanol–water partition coefficient (Wildman–Crippen LogP) is 5.42. The summed E-state index contributed by atoms with van der Waals surface area (Å²) < 4.78 is 1.89. The van der Waals surface area contributed by atoms with Crippen LogP contribution in [0.1, 0.15) is 0 Å². The maximum Gasteiger partial charge on any atom is 0.324 e. The molecule has 9 heteroatoms. The Morgan fingerprint density at radius 3 is 2.31 bits per heavy atom. The molecule has 0 fully saturated rings. The van der Waals surface area contributed by atoms with Gasteiger partial charge in [0.2, 0.25) is 0 Å². The Hall–Kier alpha value is -3.85.